The molecule has 0 amide bonds. The molecule has 0 aliphatic carbocycles. The highest BCUT2D eigenvalue weighted by atomic mass is 19.1. The topological polar surface area (TPSA) is 25.8 Å². The summed E-state index contributed by atoms with van der Waals surface area (Å²) in [7, 11) is 0. The largest absolute Gasteiger partial charge is 0.244 e. The molecular formula is C11H9FN2. The van der Waals surface area contributed by atoms with E-state index in [0.717, 1.165) is 16.8 Å². The minimum absolute atomic E-state index is 0.233. The van der Waals surface area contributed by atoms with Crippen LogP contribution < -0.4 is 0 Å². The molecule has 1 aromatic carbocycles. The van der Waals surface area contributed by atoms with Crippen molar-refractivity contribution in [1.29, 1.82) is 0 Å². The molecule has 2 rings (SSSR count). The summed E-state index contributed by atoms with van der Waals surface area (Å²) in [6, 6.07) is 6.31. The van der Waals surface area contributed by atoms with Gasteiger partial charge < -0.3 is 0 Å². The molecule has 2 aromatic rings. The number of halogens is 1. The van der Waals surface area contributed by atoms with Crippen LogP contribution in [0.15, 0.2) is 36.8 Å². The van der Waals surface area contributed by atoms with Crippen LogP contribution in [0.25, 0.3) is 11.1 Å². The maximum atomic E-state index is 12.7. The van der Waals surface area contributed by atoms with Crippen LogP contribution in [-0.4, -0.2) is 9.97 Å². The van der Waals surface area contributed by atoms with Gasteiger partial charge >= 0.3 is 0 Å². The number of hydrogen-bond acceptors (Lipinski definition) is 2. The van der Waals surface area contributed by atoms with E-state index in [9.17, 15) is 4.39 Å². The van der Waals surface area contributed by atoms with Crippen molar-refractivity contribution in [2.45, 2.75) is 6.92 Å². The SMILES string of the molecule is Cc1ncncc1-c1ccc(F)cc1. The van der Waals surface area contributed by atoms with Crippen LogP contribution in [0, 0.1) is 12.7 Å². The molecule has 0 saturated carbocycles. The van der Waals surface area contributed by atoms with E-state index in [1.54, 1.807) is 18.3 Å². The zero-order valence-electron chi connectivity index (χ0n) is 7.74. The van der Waals surface area contributed by atoms with E-state index in [2.05, 4.69) is 9.97 Å². The van der Waals surface area contributed by atoms with Crippen molar-refractivity contribution in [2.75, 3.05) is 0 Å². The van der Waals surface area contributed by atoms with Crippen LogP contribution in [-0.2, 0) is 0 Å². The third-order valence-corrected chi connectivity index (χ3v) is 2.07. The Hall–Kier alpha value is -1.77. The summed E-state index contributed by atoms with van der Waals surface area (Å²) in [5.74, 6) is -0.233. The lowest BCUT2D eigenvalue weighted by Gasteiger charge is -2.03. The first-order valence-electron chi connectivity index (χ1n) is 4.30. The molecule has 0 saturated heterocycles. The first-order chi connectivity index (χ1) is 6.77. The molecule has 0 atom stereocenters. The van der Waals surface area contributed by atoms with Gasteiger partial charge in [0.2, 0.25) is 0 Å². The highest BCUT2D eigenvalue weighted by Crippen LogP contribution is 2.20. The Morgan fingerprint density at radius 2 is 1.86 bits per heavy atom. The Morgan fingerprint density at radius 1 is 1.14 bits per heavy atom. The van der Waals surface area contributed by atoms with Crippen molar-refractivity contribution in [2.24, 2.45) is 0 Å². The van der Waals surface area contributed by atoms with E-state index >= 15 is 0 Å². The normalized spacial score (nSPS) is 10.1. The minimum atomic E-state index is -0.233. The van der Waals surface area contributed by atoms with Gasteiger partial charge in [0.15, 0.2) is 0 Å². The molecule has 1 aromatic heterocycles. The van der Waals surface area contributed by atoms with Gasteiger partial charge in [0, 0.05) is 17.5 Å². The fourth-order valence-electron chi connectivity index (χ4n) is 1.30. The van der Waals surface area contributed by atoms with Gasteiger partial charge in [-0.3, -0.25) is 0 Å². The van der Waals surface area contributed by atoms with E-state index in [-0.39, 0.29) is 5.82 Å². The lowest BCUT2D eigenvalue weighted by Crippen LogP contribution is -1.88. The molecule has 0 bridgehead atoms. The van der Waals surface area contributed by atoms with Crippen molar-refractivity contribution in [3.05, 3.63) is 48.3 Å². The predicted octanol–water partition coefficient (Wildman–Crippen LogP) is 2.59. The summed E-state index contributed by atoms with van der Waals surface area (Å²) in [6.45, 7) is 1.90. The highest BCUT2D eigenvalue weighted by Gasteiger charge is 2.01. The fourth-order valence-corrected chi connectivity index (χ4v) is 1.30. The van der Waals surface area contributed by atoms with Crippen molar-refractivity contribution >= 4 is 0 Å². The lowest BCUT2D eigenvalue weighted by molar-refractivity contribution is 0.628. The van der Waals surface area contributed by atoms with Gasteiger partial charge in [-0.15, -0.1) is 0 Å². The molecule has 14 heavy (non-hydrogen) atoms. The number of benzene rings is 1. The Bertz CT molecular complexity index is 437. The van der Waals surface area contributed by atoms with Crippen LogP contribution in [0.5, 0.6) is 0 Å². The van der Waals surface area contributed by atoms with Gasteiger partial charge in [-0.25, -0.2) is 14.4 Å². The molecule has 0 spiro atoms. The van der Waals surface area contributed by atoms with E-state index < -0.39 is 0 Å². The van der Waals surface area contributed by atoms with Gasteiger partial charge in [-0.1, -0.05) is 12.1 Å². The molecule has 3 heteroatoms. The monoisotopic (exact) mass is 188 g/mol. The van der Waals surface area contributed by atoms with Gasteiger partial charge in [0.25, 0.3) is 0 Å². The smallest absolute Gasteiger partial charge is 0.123 e. The maximum absolute atomic E-state index is 12.7. The molecule has 0 N–H and O–H groups in total. The van der Waals surface area contributed by atoms with Gasteiger partial charge in [0.1, 0.15) is 12.1 Å². The molecule has 1 heterocycles. The Kier molecular flexibility index (Phi) is 2.23. The Labute approximate surface area is 81.5 Å². The minimum Gasteiger partial charge on any atom is -0.244 e. The summed E-state index contributed by atoms with van der Waals surface area (Å²) < 4.78 is 12.7. The van der Waals surface area contributed by atoms with E-state index in [1.807, 2.05) is 6.92 Å². The first-order valence-corrected chi connectivity index (χ1v) is 4.30. The summed E-state index contributed by atoms with van der Waals surface area (Å²) in [4.78, 5) is 8.01. The predicted molar refractivity (Wildman–Crippen MR) is 52.2 cm³/mol. The quantitative estimate of drug-likeness (QED) is 0.687. The average molecular weight is 188 g/mol. The number of aryl methyl sites for hydroxylation is 1. The second-order valence-electron chi connectivity index (χ2n) is 3.03. The van der Waals surface area contributed by atoms with Gasteiger partial charge in [-0.05, 0) is 24.6 Å². The second kappa shape index (κ2) is 3.54. The maximum Gasteiger partial charge on any atom is 0.123 e. The fraction of sp³-hybridized carbons (Fsp3) is 0.0909. The second-order valence-corrected chi connectivity index (χ2v) is 3.03. The van der Waals surface area contributed by atoms with Crippen LogP contribution in [0.3, 0.4) is 0 Å². The van der Waals surface area contributed by atoms with Gasteiger partial charge in [0.05, 0.1) is 0 Å². The molecule has 0 unspecified atom stereocenters. The molecule has 70 valence electrons. The van der Waals surface area contributed by atoms with Crippen LogP contribution >= 0.6 is 0 Å². The van der Waals surface area contributed by atoms with Crippen molar-refractivity contribution in [3.63, 3.8) is 0 Å². The third kappa shape index (κ3) is 1.62. The standard InChI is InChI=1S/C11H9FN2/c1-8-11(6-13-7-14-8)9-2-4-10(12)5-3-9/h2-7H,1H3. The number of rotatable bonds is 1. The first kappa shape index (κ1) is 8.81. The van der Waals surface area contributed by atoms with Crippen LogP contribution in [0.1, 0.15) is 5.69 Å². The molecular weight excluding hydrogens is 179 g/mol. The summed E-state index contributed by atoms with van der Waals surface area (Å²) >= 11 is 0. The van der Waals surface area contributed by atoms with Gasteiger partial charge in [-0.2, -0.15) is 0 Å². The molecule has 0 aliphatic rings. The third-order valence-electron chi connectivity index (χ3n) is 2.07. The summed E-state index contributed by atoms with van der Waals surface area (Å²) in [6.07, 6.45) is 3.23. The van der Waals surface area contributed by atoms with Crippen molar-refractivity contribution in [1.82, 2.24) is 9.97 Å². The average Bonchev–Trinajstić information content (AvgIpc) is 2.20. The summed E-state index contributed by atoms with van der Waals surface area (Å²) in [5, 5.41) is 0. The zero-order chi connectivity index (χ0) is 9.97. The zero-order valence-corrected chi connectivity index (χ0v) is 7.74. The number of nitrogens with zero attached hydrogens (tertiary/aromatic N) is 2. The molecule has 0 aliphatic heterocycles. The molecule has 0 fully saturated rings. The van der Waals surface area contributed by atoms with E-state index in [4.69, 9.17) is 0 Å². The summed E-state index contributed by atoms with van der Waals surface area (Å²) in [5.41, 5.74) is 2.77. The molecule has 0 radical (unpaired) electrons. The van der Waals surface area contributed by atoms with Crippen LogP contribution in [0.4, 0.5) is 4.39 Å². The Morgan fingerprint density at radius 3 is 2.50 bits per heavy atom. The lowest BCUT2D eigenvalue weighted by atomic mass is 10.1. The van der Waals surface area contributed by atoms with Crippen LogP contribution in [0.2, 0.25) is 0 Å². The molecule has 2 nitrogen and oxygen atoms in total. The van der Waals surface area contributed by atoms with Crippen molar-refractivity contribution < 1.29 is 4.39 Å². The Balaban J connectivity index is 2.50. The number of hydrogen-bond donors (Lipinski definition) is 0. The van der Waals surface area contributed by atoms with E-state index in [0.29, 0.717) is 0 Å². The highest BCUT2D eigenvalue weighted by molar-refractivity contribution is 5.64. The number of aromatic nitrogens is 2. The van der Waals surface area contributed by atoms with E-state index in [1.165, 1.54) is 18.5 Å². The van der Waals surface area contributed by atoms with Crippen molar-refractivity contribution in [3.8, 4) is 11.1 Å².